The number of rotatable bonds is 4. The normalized spacial score (nSPS) is 15.8. The van der Waals surface area contributed by atoms with E-state index in [9.17, 15) is 19.5 Å². The van der Waals surface area contributed by atoms with Gasteiger partial charge in [-0.2, -0.15) is 0 Å². The second-order valence-electron chi connectivity index (χ2n) is 7.11. The molecule has 1 aliphatic carbocycles. The van der Waals surface area contributed by atoms with E-state index in [4.69, 9.17) is 0 Å². The highest BCUT2D eigenvalue weighted by atomic mass is 16.4. The van der Waals surface area contributed by atoms with E-state index in [1.54, 1.807) is 41.3 Å². The van der Waals surface area contributed by atoms with Crippen LogP contribution in [-0.4, -0.2) is 34.3 Å². The van der Waals surface area contributed by atoms with Crippen molar-refractivity contribution in [3.63, 3.8) is 0 Å². The maximum absolute atomic E-state index is 12.9. The van der Waals surface area contributed by atoms with Crippen molar-refractivity contribution in [2.24, 2.45) is 5.92 Å². The summed E-state index contributed by atoms with van der Waals surface area (Å²) < 4.78 is 0. The van der Waals surface area contributed by atoms with Gasteiger partial charge in [0, 0.05) is 30.3 Å². The zero-order valence-electron chi connectivity index (χ0n) is 14.8. The number of hydrogen-bond donors (Lipinski definition) is 2. The van der Waals surface area contributed by atoms with Crippen LogP contribution in [0.25, 0.3) is 0 Å². The first-order valence-corrected chi connectivity index (χ1v) is 9.06. The summed E-state index contributed by atoms with van der Waals surface area (Å²) in [5.41, 5.74) is 3.32. The van der Waals surface area contributed by atoms with Crippen LogP contribution >= 0.6 is 0 Å². The predicted molar refractivity (Wildman–Crippen MR) is 99.6 cm³/mol. The molecule has 0 radical (unpaired) electrons. The number of fused-ring (bicyclic) bond motifs is 1. The molecule has 4 rings (SSSR count). The molecule has 2 amide bonds. The smallest absolute Gasteiger partial charge is 0.335 e. The van der Waals surface area contributed by atoms with Crippen molar-refractivity contribution in [1.29, 1.82) is 0 Å². The van der Waals surface area contributed by atoms with Gasteiger partial charge in [-0.3, -0.25) is 9.59 Å². The minimum atomic E-state index is -0.972. The number of amides is 2. The maximum Gasteiger partial charge on any atom is 0.335 e. The molecule has 0 saturated heterocycles. The number of hydrogen-bond acceptors (Lipinski definition) is 3. The van der Waals surface area contributed by atoms with Crippen molar-refractivity contribution in [1.82, 2.24) is 4.90 Å². The molecule has 138 valence electrons. The molecule has 1 saturated carbocycles. The van der Waals surface area contributed by atoms with Gasteiger partial charge < -0.3 is 15.3 Å². The van der Waals surface area contributed by atoms with E-state index in [1.165, 1.54) is 0 Å². The largest absolute Gasteiger partial charge is 0.478 e. The van der Waals surface area contributed by atoms with Crippen LogP contribution in [0.1, 0.15) is 44.7 Å². The third-order valence-electron chi connectivity index (χ3n) is 5.08. The Morgan fingerprint density at radius 2 is 1.81 bits per heavy atom. The Labute approximate surface area is 156 Å². The quantitative estimate of drug-likeness (QED) is 0.873. The topological polar surface area (TPSA) is 86.7 Å². The number of carboxylic acids is 1. The molecule has 0 bridgehead atoms. The molecule has 1 heterocycles. The highest BCUT2D eigenvalue weighted by Crippen LogP contribution is 2.30. The predicted octanol–water partition coefficient (Wildman–Crippen LogP) is 2.93. The Hall–Kier alpha value is -3.15. The van der Waals surface area contributed by atoms with Crippen molar-refractivity contribution in [2.45, 2.75) is 25.8 Å². The van der Waals surface area contributed by atoms with Gasteiger partial charge in [0.25, 0.3) is 5.91 Å². The van der Waals surface area contributed by atoms with E-state index in [-0.39, 0.29) is 23.3 Å². The van der Waals surface area contributed by atoms with Crippen LogP contribution in [0, 0.1) is 5.92 Å². The van der Waals surface area contributed by atoms with E-state index in [1.807, 2.05) is 6.07 Å². The number of anilines is 1. The zero-order chi connectivity index (χ0) is 19.0. The van der Waals surface area contributed by atoms with Gasteiger partial charge in [0.15, 0.2) is 0 Å². The number of nitrogens with zero attached hydrogens (tertiary/aromatic N) is 1. The van der Waals surface area contributed by atoms with Crippen LogP contribution in [-0.2, 0) is 17.8 Å². The molecule has 2 aromatic rings. The second-order valence-corrected chi connectivity index (χ2v) is 7.11. The Balaban J connectivity index is 1.50. The molecule has 6 heteroatoms. The molecule has 0 atom stereocenters. The van der Waals surface area contributed by atoms with Gasteiger partial charge in [0.05, 0.1) is 5.56 Å². The molecule has 2 aliphatic rings. The lowest BCUT2D eigenvalue weighted by atomic mass is 9.97. The van der Waals surface area contributed by atoms with Gasteiger partial charge in [-0.25, -0.2) is 4.79 Å². The summed E-state index contributed by atoms with van der Waals surface area (Å²) in [4.78, 5) is 37.7. The second kappa shape index (κ2) is 6.87. The maximum atomic E-state index is 12.9. The van der Waals surface area contributed by atoms with E-state index in [0.717, 1.165) is 24.0 Å². The third kappa shape index (κ3) is 3.69. The highest BCUT2D eigenvalue weighted by molar-refractivity contribution is 5.98. The molecule has 0 spiro atoms. The van der Waals surface area contributed by atoms with Gasteiger partial charge in [-0.15, -0.1) is 0 Å². The van der Waals surface area contributed by atoms with Gasteiger partial charge >= 0.3 is 5.97 Å². The highest BCUT2D eigenvalue weighted by Gasteiger charge is 2.29. The minimum absolute atomic E-state index is 0.00713. The van der Waals surface area contributed by atoms with Crippen LogP contribution in [0.3, 0.4) is 0 Å². The van der Waals surface area contributed by atoms with Crippen molar-refractivity contribution in [3.8, 4) is 0 Å². The number of carbonyl (C=O) groups excluding carboxylic acids is 2. The Morgan fingerprint density at radius 1 is 1.00 bits per heavy atom. The standard InChI is InChI=1S/C21H20N2O4/c24-19(14-5-6-14)22-18-3-1-2-15(11-18)20(25)23-9-8-13-4-7-16(21(26)27)10-17(13)12-23/h1-4,7,10-11,14H,5-6,8-9,12H2,(H,22,24)(H,26,27). The van der Waals surface area contributed by atoms with Crippen LogP contribution in [0.15, 0.2) is 42.5 Å². The molecule has 27 heavy (non-hydrogen) atoms. The van der Waals surface area contributed by atoms with E-state index >= 15 is 0 Å². The molecule has 2 N–H and O–H groups in total. The fourth-order valence-electron chi connectivity index (χ4n) is 3.37. The fraction of sp³-hybridized carbons (Fsp3) is 0.286. The minimum Gasteiger partial charge on any atom is -0.478 e. The summed E-state index contributed by atoms with van der Waals surface area (Å²) in [6, 6.07) is 12.0. The van der Waals surface area contributed by atoms with Crippen LogP contribution < -0.4 is 5.32 Å². The average molecular weight is 364 g/mol. The Kier molecular flexibility index (Phi) is 4.39. The van der Waals surface area contributed by atoms with E-state index in [2.05, 4.69) is 5.32 Å². The Bertz CT molecular complexity index is 934. The first-order chi connectivity index (χ1) is 13.0. The van der Waals surface area contributed by atoms with Gasteiger partial charge in [-0.05, 0) is 60.7 Å². The molecule has 1 fully saturated rings. The molecule has 6 nitrogen and oxygen atoms in total. The molecule has 1 aliphatic heterocycles. The van der Waals surface area contributed by atoms with Crippen molar-refractivity contribution < 1.29 is 19.5 Å². The molecule has 0 unspecified atom stereocenters. The molecular weight excluding hydrogens is 344 g/mol. The summed E-state index contributed by atoms with van der Waals surface area (Å²) in [5, 5.41) is 12.0. The van der Waals surface area contributed by atoms with E-state index < -0.39 is 5.97 Å². The lowest BCUT2D eigenvalue weighted by Gasteiger charge is -2.29. The van der Waals surface area contributed by atoms with E-state index in [0.29, 0.717) is 30.8 Å². The molecule has 2 aromatic carbocycles. The summed E-state index contributed by atoms with van der Waals surface area (Å²) in [6.45, 7) is 0.963. The zero-order valence-corrected chi connectivity index (χ0v) is 14.8. The van der Waals surface area contributed by atoms with Crippen molar-refractivity contribution in [3.05, 3.63) is 64.7 Å². The fourth-order valence-corrected chi connectivity index (χ4v) is 3.37. The van der Waals surface area contributed by atoms with Crippen LogP contribution in [0.2, 0.25) is 0 Å². The lowest BCUT2D eigenvalue weighted by molar-refractivity contribution is -0.117. The first kappa shape index (κ1) is 17.3. The Morgan fingerprint density at radius 3 is 2.56 bits per heavy atom. The number of benzene rings is 2. The summed E-state index contributed by atoms with van der Waals surface area (Å²) in [6.07, 6.45) is 2.55. The van der Waals surface area contributed by atoms with Crippen LogP contribution in [0.4, 0.5) is 5.69 Å². The third-order valence-corrected chi connectivity index (χ3v) is 5.08. The van der Waals surface area contributed by atoms with Crippen LogP contribution in [0.5, 0.6) is 0 Å². The monoisotopic (exact) mass is 364 g/mol. The molecular formula is C21H20N2O4. The number of carboxylic acid groups (broad SMARTS) is 1. The summed E-state index contributed by atoms with van der Waals surface area (Å²) in [7, 11) is 0. The van der Waals surface area contributed by atoms with Crippen molar-refractivity contribution in [2.75, 3.05) is 11.9 Å². The first-order valence-electron chi connectivity index (χ1n) is 9.06. The van der Waals surface area contributed by atoms with Crippen molar-refractivity contribution >= 4 is 23.5 Å². The number of aromatic carboxylic acids is 1. The molecule has 0 aromatic heterocycles. The SMILES string of the molecule is O=C(O)c1ccc2c(c1)CN(C(=O)c1cccc(NC(=O)C3CC3)c1)CC2. The summed E-state index contributed by atoms with van der Waals surface area (Å²) in [5.74, 6) is -0.983. The van der Waals surface area contributed by atoms with Gasteiger partial charge in [-0.1, -0.05) is 12.1 Å². The summed E-state index contributed by atoms with van der Waals surface area (Å²) >= 11 is 0. The lowest BCUT2D eigenvalue weighted by Crippen LogP contribution is -2.36. The average Bonchev–Trinajstić information content (AvgIpc) is 3.52. The van der Waals surface area contributed by atoms with Gasteiger partial charge in [0.1, 0.15) is 0 Å². The number of carbonyl (C=O) groups is 3. The van der Waals surface area contributed by atoms with Gasteiger partial charge in [0.2, 0.25) is 5.91 Å². The number of nitrogens with one attached hydrogen (secondary N) is 1.